The van der Waals surface area contributed by atoms with Crippen molar-refractivity contribution in [2.45, 2.75) is 24.0 Å². The molecule has 1 aliphatic rings. The zero-order valence-electron chi connectivity index (χ0n) is 19.7. The number of ether oxygens (including phenoxy) is 3. The minimum atomic E-state index is -0.280. The van der Waals surface area contributed by atoms with Crippen LogP contribution in [0.15, 0.2) is 97.1 Å². The van der Waals surface area contributed by atoms with Gasteiger partial charge in [-0.05, 0) is 70.8 Å². The van der Waals surface area contributed by atoms with Gasteiger partial charge in [0.1, 0.15) is 23.0 Å². The molecule has 4 aromatic rings. The van der Waals surface area contributed by atoms with Gasteiger partial charge in [-0.3, -0.25) is 0 Å². The molecule has 5 nitrogen and oxygen atoms in total. The first kappa shape index (κ1) is 22.8. The van der Waals surface area contributed by atoms with Gasteiger partial charge in [0.15, 0.2) is 0 Å². The van der Waals surface area contributed by atoms with Gasteiger partial charge in [0.2, 0.25) is 0 Å². The van der Waals surface area contributed by atoms with Crippen LogP contribution in [0.2, 0.25) is 0 Å². The summed E-state index contributed by atoms with van der Waals surface area (Å²) in [5.74, 6) is 1.88. The third-order valence-corrected chi connectivity index (χ3v) is 6.73. The molecule has 1 heterocycles. The predicted molar refractivity (Wildman–Crippen MR) is 134 cm³/mol. The molecule has 0 spiro atoms. The highest BCUT2D eigenvalue weighted by molar-refractivity contribution is 5.44. The molecule has 4 atom stereocenters. The minimum Gasteiger partial charge on any atom is -0.508 e. The minimum absolute atomic E-state index is 0.0550. The summed E-state index contributed by atoms with van der Waals surface area (Å²) in [7, 11) is 3.33. The van der Waals surface area contributed by atoms with Gasteiger partial charge in [0.05, 0.1) is 26.4 Å². The summed E-state index contributed by atoms with van der Waals surface area (Å²) in [6.07, 6.45) is -0.560. The monoisotopic (exact) mass is 468 g/mol. The van der Waals surface area contributed by atoms with Gasteiger partial charge in [-0.15, -0.1) is 0 Å². The fourth-order valence-electron chi connectivity index (χ4n) is 5.07. The number of benzene rings is 4. The molecule has 0 radical (unpaired) electrons. The van der Waals surface area contributed by atoms with Crippen LogP contribution in [0.5, 0.6) is 23.0 Å². The summed E-state index contributed by atoms with van der Waals surface area (Å²) in [5.41, 5.74) is 4.14. The predicted octanol–water partition coefficient (Wildman–Crippen LogP) is 6.50. The van der Waals surface area contributed by atoms with Crippen molar-refractivity contribution >= 4 is 0 Å². The van der Waals surface area contributed by atoms with Gasteiger partial charge in [-0.25, -0.2) is 0 Å². The summed E-state index contributed by atoms with van der Waals surface area (Å²) in [4.78, 5) is 0. The maximum atomic E-state index is 9.90. The van der Waals surface area contributed by atoms with Crippen molar-refractivity contribution in [2.75, 3.05) is 14.2 Å². The number of rotatable bonds is 6. The van der Waals surface area contributed by atoms with Gasteiger partial charge in [-0.2, -0.15) is 0 Å². The van der Waals surface area contributed by atoms with Crippen molar-refractivity contribution in [1.29, 1.82) is 0 Å². The molecule has 35 heavy (non-hydrogen) atoms. The third kappa shape index (κ3) is 4.55. The van der Waals surface area contributed by atoms with E-state index >= 15 is 0 Å². The second-order valence-electron chi connectivity index (χ2n) is 8.77. The molecule has 0 aromatic heterocycles. The molecular weight excluding hydrogens is 440 g/mol. The van der Waals surface area contributed by atoms with E-state index in [-0.39, 0.29) is 35.5 Å². The molecule has 2 N–H and O–H groups in total. The number of aromatic hydroxyl groups is 2. The fourth-order valence-corrected chi connectivity index (χ4v) is 5.07. The molecule has 0 unspecified atom stereocenters. The zero-order chi connectivity index (χ0) is 24.4. The van der Waals surface area contributed by atoms with Crippen LogP contribution in [0.25, 0.3) is 0 Å². The first-order chi connectivity index (χ1) is 17.1. The lowest BCUT2D eigenvalue weighted by atomic mass is 9.75. The quantitative estimate of drug-likeness (QED) is 0.338. The summed E-state index contributed by atoms with van der Waals surface area (Å²) in [6.45, 7) is 0. The Morgan fingerprint density at radius 2 is 0.943 bits per heavy atom. The molecule has 0 saturated carbocycles. The van der Waals surface area contributed by atoms with Crippen LogP contribution in [0, 0.1) is 0 Å². The molecule has 0 amide bonds. The van der Waals surface area contributed by atoms with E-state index in [2.05, 4.69) is 24.3 Å². The molecule has 178 valence electrons. The SMILES string of the molecule is COc1cccc([C@H]2[C@H](c3cccc(OC)c3)[C@@H](c3ccc(O)cc3)O[C@@H]2c2ccc(O)cc2)c1. The van der Waals surface area contributed by atoms with Crippen molar-refractivity contribution < 1.29 is 24.4 Å². The van der Waals surface area contributed by atoms with Crippen LogP contribution in [0.3, 0.4) is 0 Å². The van der Waals surface area contributed by atoms with Crippen molar-refractivity contribution in [3.63, 3.8) is 0 Å². The third-order valence-electron chi connectivity index (χ3n) is 6.73. The maximum absolute atomic E-state index is 9.90. The second-order valence-corrected chi connectivity index (χ2v) is 8.77. The van der Waals surface area contributed by atoms with Crippen LogP contribution < -0.4 is 9.47 Å². The smallest absolute Gasteiger partial charge is 0.119 e. The Labute approximate surface area is 205 Å². The highest BCUT2D eigenvalue weighted by Crippen LogP contribution is 2.59. The summed E-state index contributed by atoms with van der Waals surface area (Å²) < 4.78 is 18.0. The first-order valence-electron chi connectivity index (χ1n) is 11.6. The zero-order valence-corrected chi connectivity index (χ0v) is 19.7. The van der Waals surface area contributed by atoms with E-state index in [1.807, 2.05) is 48.5 Å². The Hall–Kier alpha value is -3.96. The molecule has 1 saturated heterocycles. The fraction of sp³-hybridized carbons (Fsp3) is 0.200. The number of phenols is 2. The molecule has 5 heteroatoms. The van der Waals surface area contributed by atoms with Crippen molar-refractivity contribution in [2.24, 2.45) is 0 Å². The van der Waals surface area contributed by atoms with Gasteiger partial charge >= 0.3 is 0 Å². The maximum Gasteiger partial charge on any atom is 0.119 e. The van der Waals surface area contributed by atoms with E-state index in [0.29, 0.717) is 0 Å². The number of hydrogen-bond donors (Lipinski definition) is 2. The lowest BCUT2D eigenvalue weighted by molar-refractivity contribution is 0.0367. The average Bonchev–Trinajstić information content (AvgIpc) is 3.30. The van der Waals surface area contributed by atoms with Crippen LogP contribution >= 0.6 is 0 Å². The van der Waals surface area contributed by atoms with E-state index < -0.39 is 0 Å². The van der Waals surface area contributed by atoms with Gasteiger partial charge in [-0.1, -0.05) is 48.5 Å². The van der Waals surface area contributed by atoms with Crippen molar-refractivity contribution in [1.82, 2.24) is 0 Å². The molecular formula is C30H28O5. The molecule has 4 aromatic carbocycles. The Morgan fingerprint density at radius 1 is 0.543 bits per heavy atom. The first-order valence-corrected chi connectivity index (χ1v) is 11.6. The largest absolute Gasteiger partial charge is 0.508 e. The average molecular weight is 469 g/mol. The van der Waals surface area contributed by atoms with Gasteiger partial charge in [0.25, 0.3) is 0 Å². The summed E-state index contributed by atoms with van der Waals surface area (Å²) in [5, 5.41) is 19.8. The standard InChI is InChI=1S/C30H28O5/c1-33-25-7-3-5-21(17-25)27-28(22-6-4-8-26(18-22)34-2)30(20-11-15-24(32)16-12-20)35-29(27)19-9-13-23(31)14-10-19/h3-18,27-32H,1-2H3/t27-,28-,29+,30+/m0/s1. The Kier molecular flexibility index (Phi) is 6.34. The normalized spacial score (nSPS) is 21.5. The lowest BCUT2D eigenvalue weighted by Crippen LogP contribution is -2.14. The number of hydrogen-bond acceptors (Lipinski definition) is 5. The Bertz CT molecular complexity index is 1180. The molecule has 1 fully saturated rings. The molecule has 0 aliphatic carbocycles. The van der Waals surface area contributed by atoms with E-state index in [1.54, 1.807) is 38.5 Å². The molecule has 5 rings (SSSR count). The molecule has 1 aliphatic heterocycles. The lowest BCUT2D eigenvalue weighted by Gasteiger charge is -2.26. The highest BCUT2D eigenvalue weighted by atomic mass is 16.5. The van der Waals surface area contributed by atoms with Crippen LogP contribution in [-0.2, 0) is 4.74 Å². The number of methoxy groups -OCH3 is 2. The second kappa shape index (κ2) is 9.72. The Morgan fingerprint density at radius 3 is 1.31 bits per heavy atom. The topological polar surface area (TPSA) is 68.2 Å². The summed E-state index contributed by atoms with van der Waals surface area (Å²) in [6, 6.07) is 30.6. The van der Waals surface area contributed by atoms with Crippen LogP contribution in [-0.4, -0.2) is 24.4 Å². The van der Waals surface area contributed by atoms with Gasteiger partial charge < -0.3 is 24.4 Å². The van der Waals surface area contributed by atoms with Crippen molar-refractivity contribution in [3.05, 3.63) is 119 Å². The van der Waals surface area contributed by atoms with E-state index in [1.165, 1.54) is 0 Å². The van der Waals surface area contributed by atoms with Crippen LogP contribution in [0.1, 0.15) is 46.3 Å². The Balaban J connectivity index is 1.71. The van der Waals surface area contributed by atoms with E-state index in [0.717, 1.165) is 33.8 Å². The summed E-state index contributed by atoms with van der Waals surface area (Å²) >= 11 is 0. The highest BCUT2D eigenvalue weighted by Gasteiger charge is 2.47. The van der Waals surface area contributed by atoms with Crippen LogP contribution in [0.4, 0.5) is 0 Å². The van der Waals surface area contributed by atoms with Gasteiger partial charge in [0, 0.05) is 11.8 Å². The van der Waals surface area contributed by atoms with Crippen molar-refractivity contribution in [3.8, 4) is 23.0 Å². The van der Waals surface area contributed by atoms with E-state index in [9.17, 15) is 10.2 Å². The number of phenolic OH excluding ortho intramolecular Hbond substituents is 2. The molecule has 0 bridgehead atoms. The van der Waals surface area contributed by atoms with E-state index in [4.69, 9.17) is 14.2 Å².